The monoisotopic (exact) mass is 322 g/mol. The highest BCUT2D eigenvalue weighted by molar-refractivity contribution is 7.89. The fourth-order valence-electron chi connectivity index (χ4n) is 1.77. The second kappa shape index (κ2) is 5.45. The van der Waals surface area contributed by atoms with Crippen LogP contribution in [0.15, 0.2) is 17.0 Å². The van der Waals surface area contributed by atoms with Crippen LogP contribution < -0.4 is 10.0 Å². The summed E-state index contributed by atoms with van der Waals surface area (Å²) in [4.78, 5) is 21.2. The molecular formula is C11H9F3N2O4S. The highest BCUT2D eigenvalue weighted by Gasteiger charge is 2.32. The number of sulfonamides is 1. The Labute approximate surface area is 117 Å². The first-order valence-electron chi connectivity index (χ1n) is 5.72. The summed E-state index contributed by atoms with van der Waals surface area (Å²) < 4.78 is 65.0. The van der Waals surface area contributed by atoms with Crippen LogP contribution in [0, 0.1) is 17.5 Å². The average molecular weight is 322 g/mol. The average Bonchev–Trinajstić information content (AvgIpc) is 2.39. The Morgan fingerprint density at radius 2 is 1.81 bits per heavy atom. The molecule has 0 saturated carbocycles. The molecule has 1 aliphatic rings. The van der Waals surface area contributed by atoms with Crippen molar-refractivity contribution in [1.29, 1.82) is 0 Å². The van der Waals surface area contributed by atoms with Crippen molar-refractivity contribution in [3.8, 4) is 0 Å². The van der Waals surface area contributed by atoms with Gasteiger partial charge in [-0.3, -0.25) is 14.9 Å². The number of hydrogen-bond acceptors (Lipinski definition) is 4. The number of carbonyl (C=O) groups excluding carboxylic acids is 2. The van der Waals surface area contributed by atoms with E-state index in [1.54, 1.807) is 0 Å². The maximum Gasteiger partial charge on any atom is 0.244 e. The van der Waals surface area contributed by atoms with Crippen LogP contribution in [0.3, 0.4) is 0 Å². The zero-order chi connectivity index (χ0) is 15.8. The Morgan fingerprint density at radius 1 is 1.14 bits per heavy atom. The highest BCUT2D eigenvalue weighted by atomic mass is 32.2. The van der Waals surface area contributed by atoms with Crippen LogP contribution in [0.25, 0.3) is 0 Å². The lowest BCUT2D eigenvalue weighted by molar-refractivity contribution is -0.134. The minimum Gasteiger partial charge on any atom is -0.295 e. The topological polar surface area (TPSA) is 92.3 Å². The van der Waals surface area contributed by atoms with E-state index in [9.17, 15) is 31.2 Å². The molecule has 0 aromatic heterocycles. The third-order valence-electron chi connectivity index (χ3n) is 2.83. The van der Waals surface area contributed by atoms with Gasteiger partial charge in [0.25, 0.3) is 0 Å². The summed E-state index contributed by atoms with van der Waals surface area (Å²) in [6.07, 6.45) is -0.214. The van der Waals surface area contributed by atoms with Crippen LogP contribution in [0.4, 0.5) is 13.2 Å². The zero-order valence-corrected chi connectivity index (χ0v) is 11.1. The summed E-state index contributed by atoms with van der Waals surface area (Å²) in [5.41, 5.74) is 0. The number of benzene rings is 1. The van der Waals surface area contributed by atoms with E-state index in [1.165, 1.54) is 0 Å². The van der Waals surface area contributed by atoms with Gasteiger partial charge in [0.05, 0.1) is 0 Å². The van der Waals surface area contributed by atoms with Gasteiger partial charge < -0.3 is 0 Å². The van der Waals surface area contributed by atoms with Crippen LogP contribution in [0.5, 0.6) is 0 Å². The van der Waals surface area contributed by atoms with Gasteiger partial charge in [0, 0.05) is 6.42 Å². The van der Waals surface area contributed by atoms with Gasteiger partial charge in [-0.05, 0) is 18.6 Å². The Balaban J connectivity index is 2.29. The molecule has 1 saturated heterocycles. The molecule has 0 bridgehead atoms. The molecule has 1 fully saturated rings. The van der Waals surface area contributed by atoms with Crippen LogP contribution in [0.2, 0.25) is 0 Å². The molecule has 2 amide bonds. The molecule has 2 rings (SSSR count). The maximum atomic E-state index is 13.5. The van der Waals surface area contributed by atoms with Crippen molar-refractivity contribution >= 4 is 21.8 Å². The third kappa shape index (κ3) is 3.05. The summed E-state index contributed by atoms with van der Waals surface area (Å²) in [7, 11) is -4.58. The number of nitrogens with one attached hydrogen (secondary N) is 2. The maximum absolute atomic E-state index is 13.5. The Hall–Kier alpha value is -1.94. The number of carbonyl (C=O) groups is 2. The number of amides is 2. The van der Waals surface area contributed by atoms with Gasteiger partial charge in [-0.2, -0.15) is 4.72 Å². The summed E-state index contributed by atoms with van der Waals surface area (Å²) in [6.45, 7) is 0. The molecule has 1 unspecified atom stereocenters. The van der Waals surface area contributed by atoms with Crippen molar-refractivity contribution in [1.82, 2.24) is 10.0 Å². The van der Waals surface area contributed by atoms with Gasteiger partial charge in [0.15, 0.2) is 17.5 Å². The Kier molecular flexibility index (Phi) is 4.01. The van der Waals surface area contributed by atoms with Crippen molar-refractivity contribution in [3.05, 3.63) is 29.6 Å². The van der Waals surface area contributed by atoms with Crippen LogP contribution in [0.1, 0.15) is 12.8 Å². The summed E-state index contributed by atoms with van der Waals surface area (Å²) in [5, 5.41) is 1.91. The summed E-state index contributed by atoms with van der Waals surface area (Å²) in [6, 6.07) is -0.292. The zero-order valence-electron chi connectivity index (χ0n) is 10.3. The highest BCUT2D eigenvalue weighted by Crippen LogP contribution is 2.20. The smallest absolute Gasteiger partial charge is 0.244 e. The minimum absolute atomic E-state index is 0.0980. The number of piperidine rings is 1. The quantitative estimate of drug-likeness (QED) is 0.614. The number of halogens is 3. The van der Waals surface area contributed by atoms with Crippen molar-refractivity contribution in [3.63, 3.8) is 0 Å². The normalized spacial score (nSPS) is 19.5. The van der Waals surface area contributed by atoms with E-state index in [0.29, 0.717) is 12.1 Å². The molecule has 114 valence electrons. The first-order chi connectivity index (χ1) is 9.72. The van der Waals surface area contributed by atoms with E-state index in [0.717, 1.165) is 0 Å². The van der Waals surface area contributed by atoms with Gasteiger partial charge >= 0.3 is 0 Å². The van der Waals surface area contributed by atoms with Gasteiger partial charge in [0.1, 0.15) is 10.9 Å². The standard InChI is InChI=1S/C11H9F3N2O4S/c12-5-1-3-7(10(14)9(5)13)21(19,20)16-6-2-4-8(17)15-11(6)18/h1,3,6,16H,2,4H2,(H,15,17,18). The molecule has 1 aromatic rings. The van der Waals surface area contributed by atoms with E-state index < -0.39 is 50.2 Å². The van der Waals surface area contributed by atoms with E-state index in [-0.39, 0.29) is 12.8 Å². The molecule has 1 aromatic carbocycles. The SMILES string of the molecule is O=C1CCC(NS(=O)(=O)c2ccc(F)c(F)c2F)C(=O)N1. The summed E-state index contributed by atoms with van der Waals surface area (Å²) in [5.74, 6) is -6.80. The molecule has 0 spiro atoms. The predicted octanol–water partition coefficient (Wildman–Crippen LogP) is 0.187. The molecule has 2 N–H and O–H groups in total. The largest absolute Gasteiger partial charge is 0.295 e. The van der Waals surface area contributed by atoms with Crippen LogP contribution in [-0.2, 0) is 19.6 Å². The molecular weight excluding hydrogens is 313 g/mol. The fraction of sp³-hybridized carbons (Fsp3) is 0.273. The minimum atomic E-state index is -4.58. The Bertz CT molecular complexity index is 720. The predicted molar refractivity (Wildman–Crippen MR) is 62.8 cm³/mol. The lowest BCUT2D eigenvalue weighted by Gasteiger charge is -2.21. The lowest BCUT2D eigenvalue weighted by atomic mass is 10.1. The van der Waals surface area contributed by atoms with Gasteiger partial charge in [-0.15, -0.1) is 0 Å². The second-order valence-electron chi connectivity index (χ2n) is 4.30. The molecule has 1 aliphatic heterocycles. The number of hydrogen-bond donors (Lipinski definition) is 2. The van der Waals surface area contributed by atoms with E-state index in [1.807, 2.05) is 10.0 Å². The first kappa shape index (κ1) is 15.4. The fourth-order valence-corrected chi connectivity index (χ4v) is 3.07. The second-order valence-corrected chi connectivity index (χ2v) is 5.98. The van der Waals surface area contributed by atoms with Crippen molar-refractivity contribution in [2.45, 2.75) is 23.8 Å². The van der Waals surface area contributed by atoms with Gasteiger partial charge in [0.2, 0.25) is 21.8 Å². The number of imide groups is 1. The van der Waals surface area contributed by atoms with Crippen molar-refractivity contribution in [2.75, 3.05) is 0 Å². The molecule has 0 radical (unpaired) electrons. The third-order valence-corrected chi connectivity index (χ3v) is 4.32. The molecule has 6 nitrogen and oxygen atoms in total. The molecule has 1 heterocycles. The summed E-state index contributed by atoms with van der Waals surface area (Å²) >= 11 is 0. The first-order valence-corrected chi connectivity index (χ1v) is 7.20. The van der Waals surface area contributed by atoms with Crippen LogP contribution >= 0.6 is 0 Å². The van der Waals surface area contributed by atoms with Gasteiger partial charge in [-0.25, -0.2) is 21.6 Å². The molecule has 21 heavy (non-hydrogen) atoms. The van der Waals surface area contributed by atoms with Crippen LogP contribution in [-0.4, -0.2) is 26.3 Å². The lowest BCUT2D eigenvalue weighted by Crippen LogP contribution is -2.52. The van der Waals surface area contributed by atoms with Gasteiger partial charge in [-0.1, -0.05) is 0 Å². The molecule has 1 atom stereocenters. The Morgan fingerprint density at radius 3 is 2.43 bits per heavy atom. The molecule has 10 heteroatoms. The van der Waals surface area contributed by atoms with E-state index >= 15 is 0 Å². The van der Waals surface area contributed by atoms with E-state index in [4.69, 9.17) is 0 Å². The van der Waals surface area contributed by atoms with E-state index in [2.05, 4.69) is 0 Å². The van der Waals surface area contributed by atoms with Crippen molar-refractivity contribution < 1.29 is 31.2 Å². The van der Waals surface area contributed by atoms with Crippen molar-refractivity contribution in [2.24, 2.45) is 0 Å². The molecule has 0 aliphatic carbocycles. The number of rotatable bonds is 3.